The standard InChI is InChI=1S/C23H23ClFN3O4S2/c1-14-13-18(24)21(28-8-10-32-11-9-28)15(2)20(14)26-23(29)22-19(7-12-33-22)27-34(30,31)17-5-3-16(25)4-6-17/h3-7,12-13,27H,8-11H2,1-2H3,(H,26,29). The first kappa shape index (κ1) is 24.5. The number of carbonyl (C=O) groups is 1. The molecule has 1 aromatic heterocycles. The number of ether oxygens (including phenoxy) is 1. The molecule has 2 aromatic carbocycles. The molecule has 1 aliphatic rings. The van der Waals surface area contributed by atoms with Gasteiger partial charge in [0.1, 0.15) is 10.7 Å². The number of benzene rings is 2. The van der Waals surface area contributed by atoms with Crippen LogP contribution in [-0.4, -0.2) is 40.6 Å². The van der Waals surface area contributed by atoms with Crippen molar-refractivity contribution in [3.8, 4) is 0 Å². The smallest absolute Gasteiger partial charge is 0.267 e. The Morgan fingerprint density at radius 1 is 1.15 bits per heavy atom. The zero-order chi connectivity index (χ0) is 24.5. The van der Waals surface area contributed by atoms with E-state index in [1.54, 1.807) is 5.38 Å². The molecule has 0 bridgehead atoms. The van der Waals surface area contributed by atoms with Gasteiger partial charge in [-0.05, 0) is 66.8 Å². The molecule has 0 unspecified atom stereocenters. The molecule has 1 saturated heterocycles. The number of hydrogen-bond donors (Lipinski definition) is 2. The molecule has 0 atom stereocenters. The van der Waals surface area contributed by atoms with E-state index in [1.165, 1.54) is 6.07 Å². The second kappa shape index (κ2) is 9.91. The van der Waals surface area contributed by atoms with Crippen molar-refractivity contribution in [3.63, 3.8) is 0 Å². The van der Waals surface area contributed by atoms with Gasteiger partial charge in [-0.15, -0.1) is 11.3 Å². The number of thiophene rings is 1. The zero-order valence-electron chi connectivity index (χ0n) is 18.5. The molecule has 1 fully saturated rings. The van der Waals surface area contributed by atoms with Crippen molar-refractivity contribution in [1.82, 2.24) is 0 Å². The number of rotatable bonds is 6. The largest absolute Gasteiger partial charge is 0.378 e. The topological polar surface area (TPSA) is 87.7 Å². The molecule has 11 heteroatoms. The number of carbonyl (C=O) groups excluding carboxylic acids is 1. The SMILES string of the molecule is Cc1cc(Cl)c(N2CCOCC2)c(C)c1NC(=O)c1sccc1NS(=O)(=O)c1ccc(F)cc1. The summed E-state index contributed by atoms with van der Waals surface area (Å²) in [5, 5.41) is 5.15. The summed E-state index contributed by atoms with van der Waals surface area (Å²) in [7, 11) is -4.00. The quantitative estimate of drug-likeness (QED) is 0.472. The average molecular weight is 524 g/mol. The van der Waals surface area contributed by atoms with E-state index in [0.717, 1.165) is 52.4 Å². The van der Waals surface area contributed by atoms with E-state index in [0.29, 0.717) is 37.0 Å². The van der Waals surface area contributed by atoms with E-state index in [1.807, 2.05) is 19.9 Å². The van der Waals surface area contributed by atoms with E-state index in [2.05, 4.69) is 14.9 Å². The molecule has 0 radical (unpaired) electrons. The van der Waals surface area contributed by atoms with E-state index >= 15 is 0 Å². The van der Waals surface area contributed by atoms with Crippen molar-refractivity contribution in [3.05, 3.63) is 68.6 Å². The Morgan fingerprint density at radius 2 is 1.82 bits per heavy atom. The molecular formula is C23H23ClFN3O4S2. The van der Waals surface area contributed by atoms with Crippen LogP contribution in [0, 0.1) is 19.7 Å². The predicted molar refractivity (Wildman–Crippen MR) is 133 cm³/mol. The Hall–Kier alpha value is -2.66. The minimum atomic E-state index is -4.00. The molecule has 180 valence electrons. The van der Waals surface area contributed by atoms with Crippen LogP contribution in [0.3, 0.4) is 0 Å². The summed E-state index contributed by atoms with van der Waals surface area (Å²) < 4.78 is 46.5. The van der Waals surface area contributed by atoms with Crippen LogP contribution in [0.25, 0.3) is 0 Å². The van der Waals surface area contributed by atoms with Gasteiger partial charge in [0.2, 0.25) is 0 Å². The normalized spacial score (nSPS) is 14.2. The van der Waals surface area contributed by atoms with Gasteiger partial charge in [-0.1, -0.05) is 11.6 Å². The van der Waals surface area contributed by atoms with E-state index in [9.17, 15) is 17.6 Å². The van der Waals surface area contributed by atoms with Crippen molar-refractivity contribution >= 4 is 55.9 Å². The Kier molecular flexibility index (Phi) is 7.13. The Labute approximate surface area is 206 Å². The summed E-state index contributed by atoms with van der Waals surface area (Å²) in [6.45, 7) is 6.32. The molecule has 34 heavy (non-hydrogen) atoms. The summed E-state index contributed by atoms with van der Waals surface area (Å²) in [6, 6.07) is 7.78. The number of nitrogens with one attached hydrogen (secondary N) is 2. The fraction of sp³-hybridized carbons (Fsp3) is 0.261. The van der Waals surface area contributed by atoms with E-state index in [-0.39, 0.29) is 15.5 Å². The fourth-order valence-electron chi connectivity index (χ4n) is 3.84. The maximum Gasteiger partial charge on any atom is 0.267 e. The number of halogens is 2. The van der Waals surface area contributed by atoms with Crippen LogP contribution in [0.4, 0.5) is 21.5 Å². The third-order valence-electron chi connectivity index (χ3n) is 5.50. The maximum atomic E-state index is 13.2. The van der Waals surface area contributed by atoms with Crippen molar-refractivity contribution in [2.24, 2.45) is 0 Å². The molecule has 7 nitrogen and oxygen atoms in total. The lowest BCUT2D eigenvalue weighted by Gasteiger charge is -2.32. The van der Waals surface area contributed by atoms with Gasteiger partial charge in [-0.2, -0.15) is 0 Å². The van der Waals surface area contributed by atoms with Crippen LogP contribution in [-0.2, 0) is 14.8 Å². The van der Waals surface area contributed by atoms with Crippen molar-refractivity contribution in [2.45, 2.75) is 18.7 Å². The van der Waals surface area contributed by atoms with Crippen molar-refractivity contribution in [1.29, 1.82) is 0 Å². The summed E-state index contributed by atoms with van der Waals surface area (Å²) in [5.74, 6) is -0.993. The Balaban J connectivity index is 1.60. The van der Waals surface area contributed by atoms with Crippen LogP contribution in [0.5, 0.6) is 0 Å². The molecule has 4 rings (SSSR count). The number of aryl methyl sites for hydroxylation is 1. The molecule has 2 heterocycles. The highest BCUT2D eigenvalue weighted by Gasteiger charge is 2.24. The van der Waals surface area contributed by atoms with Gasteiger partial charge in [-0.3, -0.25) is 9.52 Å². The third kappa shape index (κ3) is 5.05. The summed E-state index contributed by atoms with van der Waals surface area (Å²) in [6.07, 6.45) is 0. The van der Waals surface area contributed by atoms with Gasteiger partial charge < -0.3 is 15.0 Å². The first-order valence-electron chi connectivity index (χ1n) is 10.5. The minimum absolute atomic E-state index is 0.106. The highest BCUT2D eigenvalue weighted by atomic mass is 35.5. The maximum absolute atomic E-state index is 13.2. The van der Waals surface area contributed by atoms with Crippen LogP contribution in [0.15, 0.2) is 46.7 Å². The van der Waals surface area contributed by atoms with Gasteiger partial charge >= 0.3 is 0 Å². The van der Waals surface area contributed by atoms with Crippen molar-refractivity contribution in [2.75, 3.05) is 41.2 Å². The fourth-order valence-corrected chi connectivity index (χ4v) is 6.15. The number of hydrogen-bond acceptors (Lipinski definition) is 6. The van der Waals surface area contributed by atoms with Crippen molar-refractivity contribution < 1.29 is 22.3 Å². The highest BCUT2D eigenvalue weighted by Crippen LogP contribution is 2.38. The molecule has 0 saturated carbocycles. The first-order valence-corrected chi connectivity index (χ1v) is 13.2. The zero-order valence-corrected chi connectivity index (χ0v) is 20.9. The third-order valence-corrected chi connectivity index (χ3v) is 8.08. The second-order valence-electron chi connectivity index (χ2n) is 7.80. The average Bonchev–Trinajstić information content (AvgIpc) is 3.25. The van der Waals surface area contributed by atoms with Crippen LogP contribution >= 0.6 is 22.9 Å². The number of sulfonamides is 1. The molecule has 0 spiro atoms. The van der Waals surface area contributed by atoms with Gasteiger partial charge in [0.25, 0.3) is 15.9 Å². The van der Waals surface area contributed by atoms with E-state index < -0.39 is 21.7 Å². The lowest BCUT2D eigenvalue weighted by Crippen LogP contribution is -2.37. The molecule has 0 aliphatic carbocycles. The highest BCUT2D eigenvalue weighted by molar-refractivity contribution is 7.92. The number of morpholine rings is 1. The number of amides is 1. The lowest BCUT2D eigenvalue weighted by atomic mass is 10.0. The molecule has 3 aromatic rings. The molecular weight excluding hydrogens is 501 g/mol. The number of nitrogens with zero attached hydrogens (tertiary/aromatic N) is 1. The predicted octanol–water partition coefficient (Wildman–Crippen LogP) is 5.05. The summed E-state index contributed by atoms with van der Waals surface area (Å²) >= 11 is 7.66. The van der Waals surface area contributed by atoms with Gasteiger partial charge in [0.05, 0.1) is 34.5 Å². The van der Waals surface area contributed by atoms with Crippen LogP contribution in [0.1, 0.15) is 20.8 Å². The van der Waals surface area contributed by atoms with Gasteiger partial charge in [-0.25, -0.2) is 12.8 Å². The lowest BCUT2D eigenvalue weighted by molar-refractivity contribution is 0.103. The Morgan fingerprint density at radius 3 is 2.50 bits per heavy atom. The Bertz CT molecular complexity index is 1320. The van der Waals surface area contributed by atoms with Gasteiger partial charge in [0.15, 0.2) is 0 Å². The van der Waals surface area contributed by atoms with Gasteiger partial charge in [0, 0.05) is 18.8 Å². The second-order valence-corrected chi connectivity index (χ2v) is 10.8. The summed E-state index contributed by atoms with van der Waals surface area (Å²) in [5.41, 5.74) is 3.22. The van der Waals surface area contributed by atoms with Crippen LogP contribution in [0.2, 0.25) is 5.02 Å². The molecule has 1 aliphatic heterocycles. The van der Waals surface area contributed by atoms with Crippen LogP contribution < -0.4 is 14.9 Å². The minimum Gasteiger partial charge on any atom is -0.378 e. The monoisotopic (exact) mass is 523 g/mol. The molecule has 2 N–H and O–H groups in total. The number of anilines is 3. The molecule has 1 amide bonds. The van der Waals surface area contributed by atoms with E-state index in [4.69, 9.17) is 16.3 Å². The summed E-state index contributed by atoms with van der Waals surface area (Å²) in [4.78, 5) is 15.4. The first-order chi connectivity index (χ1) is 16.2.